The summed E-state index contributed by atoms with van der Waals surface area (Å²) in [6.07, 6.45) is 5.47. The van der Waals surface area contributed by atoms with Crippen LogP contribution in [-0.2, 0) is 17.8 Å². The fraction of sp³-hybridized carbons (Fsp3) is 0.500. The largest absolute Gasteiger partial charge is 0.325 e. The molecule has 1 unspecified atom stereocenters. The Morgan fingerprint density at radius 3 is 3.00 bits per heavy atom. The first-order valence-electron chi connectivity index (χ1n) is 9.18. The second-order valence-electron chi connectivity index (χ2n) is 6.80. The number of likely N-dealkylation sites (tertiary alicyclic amines) is 1. The van der Waals surface area contributed by atoms with Crippen LogP contribution in [0.5, 0.6) is 0 Å². The highest BCUT2D eigenvalue weighted by Crippen LogP contribution is 2.22. The molecular formula is C20H27N3OS. The van der Waals surface area contributed by atoms with Crippen molar-refractivity contribution in [1.82, 2.24) is 9.88 Å². The maximum atomic E-state index is 12.3. The van der Waals surface area contributed by atoms with Gasteiger partial charge >= 0.3 is 0 Å². The monoisotopic (exact) mass is 357 g/mol. The molecule has 2 heterocycles. The van der Waals surface area contributed by atoms with Gasteiger partial charge in [-0.3, -0.25) is 9.69 Å². The van der Waals surface area contributed by atoms with Crippen molar-refractivity contribution in [3.8, 4) is 0 Å². The maximum absolute atomic E-state index is 12.3. The van der Waals surface area contributed by atoms with E-state index in [0.29, 0.717) is 12.5 Å². The molecule has 1 N–H and O–H groups in total. The molecule has 0 radical (unpaired) electrons. The van der Waals surface area contributed by atoms with E-state index in [2.05, 4.69) is 22.5 Å². The molecule has 1 aromatic carbocycles. The third kappa shape index (κ3) is 4.89. The zero-order valence-electron chi connectivity index (χ0n) is 15.1. The molecule has 134 valence electrons. The summed E-state index contributed by atoms with van der Waals surface area (Å²) in [6, 6.07) is 8.53. The molecule has 1 aliphatic rings. The van der Waals surface area contributed by atoms with Crippen molar-refractivity contribution < 1.29 is 4.79 Å². The number of thiazole rings is 1. The first-order chi connectivity index (χ1) is 12.2. The lowest BCUT2D eigenvalue weighted by Gasteiger charge is -2.34. The summed E-state index contributed by atoms with van der Waals surface area (Å²) in [5.41, 5.74) is 3.05. The third-order valence-electron chi connectivity index (χ3n) is 4.92. The molecule has 1 fully saturated rings. The first-order valence-corrected chi connectivity index (χ1v) is 10.1. The summed E-state index contributed by atoms with van der Waals surface area (Å²) in [5.74, 6) is -0.000364. The van der Waals surface area contributed by atoms with E-state index in [1.165, 1.54) is 32.2 Å². The van der Waals surface area contributed by atoms with Crippen LogP contribution in [0.15, 0.2) is 29.6 Å². The summed E-state index contributed by atoms with van der Waals surface area (Å²) >= 11 is 1.59. The van der Waals surface area contributed by atoms with Crippen molar-refractivity contribution >= 4 is 22.9 Å². The zero-order valence-corrected chi connectivity index (χ0v) is 15.9. The lowest BCUT2D eigenvalue weighted by atomic mass is 10.00. The molecule has 0 aliphatic carbocycles. The van der Waals surface area contributed by atoms with Gasteiger partial charge in [-0.25, -0.2) is 4.98 Å². The Labute approximate surface area is 154 Å². The van der Waals surface area contributed by atoms with Crippen molar-refractivity contribution in [2.45, 2.75) is 58.5 Å². The molecule has 1 amide bonds. The fourth-order valence-corrected chi connectivity index (χ4v) is 4.27. The van der Waals surface area contributed by atoms with Gasteiger partial charge in [0.15, 0.2) is 0 Å². The van der Waals surface area contributed by atoms with E-state index in [1.807, 2.05) is 31.2 Å². The molecule has 25 heavy (non-hydrogen) atoms. The van der Waals surface area contributed by atoms with Gasteiger partial charge in [0.1, 0.15) is 5.01 Å². The van der Waals surface area contributed by atoms with Crippen molar-refractivity contribution in [1.29, 1.82) is 0 Å². The smallest absolute Gasteiger partial charge is 0.231 e. The minimum atomic E-state index is -0.000364. The number of amides is 1. The maximum Gasteiger partial charge on any atom is 0.231 e. The number of nitrogens with zero attached hydrogens (tertiary/aromatic N) is 2. The summed E-state index contributed by atoms with van der Waals surface area (Å²) in [5, 5.41) is 5.99. The quantitative estimate of drug-likeness (QED) is 0.833. The van der Waals surface area contributed by atoms with Crippen LogP contribution < -0.4 is 5.32 Å². The van der Waals surface area contributed by atoms with Crippen LogP contribution in [0.4, 0.5) is 5.69 Å². The van der Waals surface area contributed by atoms with Crippen molar-refractivity contribution in [2.75, 3.05) is 11.9 Å². The minimum Gasteiger partial charge on any atom is -0.325 e. The number of anilines is 1. The SMILES string of the molecule is CCC1CCCCN1Cc1csc(CC(=O)Nc2ccccc2C)n1. The van der Waals surface area contributed by atoms with Crippen LogP contribution in [0.25, 0.3) is 0 Å². The molecule has 1 aliphatic heterocycles. The number of hydrogen-bond donors (Lipinski definition) is 1. The van der Waals surface area contributed by atoms with Crippen molar-refractivity contribution in [3.63, 3.8) is 0 Å². The molecular weight excluding hydrogens is 330 g/mol. The average Bonchev–Trinajstić information content (AvgIpc) is 3.04. The predicted molar refractivity (Wildman–Crippen MR) is 104 cm³/mol. The Hall–Kier alpha value is -1.72. The zero-order chi connectivity index (χ0) is 17.6. The molecule has 3 rings (SSSR count). The second kappa shape index (κ2) is 8.59. The minimum absolute atomic E-state index is 0.000364. The predicted octanol–water partition coefficient (Wildman–Crippen LogP) is 4.40. The third-order valence-corrected chi connectivity index (χ3v) is 5.81. The lowest BCUT2D eigenvalue weighted by Crippen LogP contribution is -2.38. The number of rotatable bonds is 6. The molecule has 1 saturated heterocycles. The number of piperidine rings is 1. The molecule has 0 saturated carbocycles. The number of hydrogen-bond acceptors (Lipinski definition) is 4. The van der Waals surface area contributed by atoms with Crippen molar-refractivity contribution in [3.05, 3.63) is 45.9 Å². The van der Waals surface area contributed by atoms with Gasteiger partial charge in [0.25, 0.3) is 0 Å². The van der Waals surface area contributed by atoms with Crippen LogP contribution in [0, 0.1) is 6.92 Å². The van der Waals surface area contributed by atoms with E-state index in [-0.39, 0.29) is 5.91 Å². The number of aryl methyl sites for hydroxylation is 1. The van der Waals surface area contributed by atoms with Crippen LogP contribution >= 0.6 is 11.3 Å². The Kier molecular flexibility index (Phi) is 6.21. The summed E-state index contributed by atoms with van der Waals surface area (Å²) in [6.45, 7) is 6.35. The normalized spacial score (nSPS) is 18.2. The molecule has 2 aromatic rings. The highest BCUT2D eigenvalue weighted by molar-refractivity contribution is 7.09. The van der Waals surface area contributed by atoms with Crippen molar-refractivity contribution in [2.24, 2.45) is 0 Å². The molecule has 1 aromatic heterocycles. The number of carbonyl (C=O) groups is 1. The standard InChI is InChI=1S/C20H27N3OS/c1-3-17-9-6-7-11-23(17)13-16-14-25-20(21-16)12-19(24)22-18-10-5-4-8-15(18)2/h4-5,8,10,14,17H,3,6-7,9,11-13H2,1-2H3,(H,22,24). The van der Waals surface area contributed by atoms with E-state index < -0.39 is 0 Å². The average molecular weight is 358 g/mol. The van der Waals surface area contributed by atoms with Crippen LogP contribution in [-0.4, -0.2) is 28.4 Å². The summed E-state index contributed by atoms with van der Waals surface area (Å²) in [7, 11) is 0. The van der Waals surface area contributed by atoms with Gasteiger partial charge in [-0.15, -0.1) is 11.3 Å². The number of para-hydroxylation sites is 1. The Bertz CT molecular complexity index is 712. The van der Waals surface area contributed by atoms with E-state index >= 15 is 0 Å². The van der Waals surface area contributed by atoms with Gasteiger partial charge in [0.05, 0.1) is 12.1 Å². The van der Waals surface area contributed by atoms with Gasteiger partial charge < -0.3 is 5.32 Å². The number of benzene rings is 1. The van der Waals surface area contributed by atoms with E-state index in [1.54, 1.807) is 11.3 Å². The van der Waals surface area contributed by atoms with E-state index in [4.69, 9.17) is 4.98 Å². The van der Waals surface area contributed by atoms with Crippen LogP contribution in [0.1, 0.15) is 48.9 Å². The first kappa shape index (κ1) is 18.1. The van der Waals surface area contributed by atoms with Gasteiger partial charge in [0, 0.05) is 23.7 Å². The van der Waals surface area contributed by atoms with Gasteiger partial charge in [0.2, 0.25) is 5.91 Å². The topological polar surface area (TPSA) is 45.2 Å². The Morgan fingerprint density at radius 1 is 1.36 bits per heavy atom. The molecule has 5 heteroatoms. The molecule has 0 spiro atoms. The fourth-order valence-electron chi connectivity index (χ4n) is 3.49. The van der Waals surface area contributed by atoms with E-state index in [0.717, 1.165) is 28.5 Å². The second-order valence-corrected chi connectivity index (χ2v) is 7.74. The lowest BCUT2D eigenvalue weighted by molar-refractivity contribution is -0.115. The van der Waals surface area contributed by atoms with Gasteiger partial charge in [-0.05, 0) is 44.4 Å². The van der Waals surface area contributed by atoms with Crippen LogP contribution in [0.3, 0.4) is 0 Å². The Balaban J connectivity index is 1.56. The van der Waals surface area contributed by atoms with Crippen LogP contribution in [0.2, 0.25) is 0 Å². The Morgan fingerprint density at radius 2 is 2.20 bits per heavy atom. The molecule has 0 bridgehead atoms. The van der Waals surface area contributed by atoms with Gasteiger partial charge in [-0.2, -0.15) is 0 Å². The number of nitrogens with one attached hydrogen (secondary N) is 1. The number of carbonyl (C=O) groups excluding carboxylic acids is 1. The molecule has 4 nitrogen and oxygen atoms in total. The summed E-state index contributed by atoms with van der Waals surface area (Å²) < 4.78 is 0. The number of aromatic nitrogens is 1. The summed E-state index contributed by atoms with van der Waals surface area (Å²) in [4.78, 5) is 19.5. The van der Waals surface area contributed by atoms with E-state index in [9.17, 15) is 4.79 Å². The highest BCUT2D eigenvalue weighted by Gasteiger charge is 2.21. The highest BCUT2D eigenvalue weighted by atomic mass is 32.1. The molecule has 1 atom stereocenters. The van der Waals surface area contributed by atoms with Gasteiger partial charge in [-0.1, -0.05) is 31.5 Å².